The number of anilines is 1. The number of nitrogen functional groups attached to an aromatic ring is 1. The largest absolute Gasteiger partial charge is 0.444 e. The van der Waals surface area contributed by atoms with E-state index in [1.807, 2.05) is 48.5 Å². The average Bonchev–Trinajstić information content (AvgIpc) is 2.53. The van der Waals surface area contributed by atoms with Crippen LogP contribution in [0.2, 0.25) is 0 Å². The van der Waals surface area contributed by atoms with Gasteiger partial charge in [0.25, 0.3) is 0 Å². The fourth-order valence-corrected chi connectivity index (χ4v) is 1.95. The van der Waals surface area contributed by atoms with E-state index in [1.54, 1.807) is 6.07 Å². The van der Waals surface area contributed by atoms with E-state index in [2.05, 4.69) is 5.32 Å². The molecule has 5 heteroatoms. The Bertz CT molecular complexity index is 641. The van der Waals surface area contributed by atoms with Crippen molar-refractivity contribution in [2.24, 2.45) is 0 Å². The Kier molecular flexibility index (Phi) is 5.54. The lowest BCUT2D eigenvalue weighted by Gasteiger charge is -2.07. The molecule has 5 nitrogen and oxygen atoms in total. The zero-order valence-corrected chi connectivity index (χ0v) is 12.1. The molecule has 2 amide bonds. The molecule has 0 aliphatic heterocycles. The second-order valence-corrected chi connectivity index (χ2v) is 4.81. The maximum Gasteiger partial charge on any atom is 0.414 e. The first-order valence-electron chi connectivity index (χ1n) is 6.99. The lowest BCUT2D eigenvalue weighted by Crippen LogP contribution is -2.31. The van der Waals surface area contributed by atoms with Gasteiger partial charge in [0.1, 0.15) is 6.61 Å². The van der Waals surface area contributed by atoms with E-state index in [4.69, 9.17) is 10.5 Å². The smallest absolute Gasteiger partial charge is 0.414 e. The fourth-order valence-electron chi connectivity index (χ4n) is 1.95. The van der Waals surface area contributed by atoms with Gasteiger partial charge in [-0.05, 0) is 23.6 Å². The van der Waals surface area contributed by atoms with Crippen molar-refractivity contribution < 1.29 is 14.3 Å². The Balaban J connectivity index is 1.72. The minimum absolute atomic E-state index is 0.131. The van der Waals surface area contributed by atoms with Gasteiger partial charge >= 0.3 is 6.09 Å². The van der Waals surface area contributed by atoms with E-state index in [-0.39, 0.29) is 18.9 Å². The van der Waals surface area contributed by atoms with E-state index in [0.717, 1.165) is 11.1 Å². The second-order valence-electron chi connectivity index (χ2n) is 4.81. The second kappa shape index (κ2) is 7.83. The number of hydrogen-bond donors (Lipinski definition) is 2. The summed E-state index contributed by atoms with van der Waals surface area (Å²) in [6.07, 6.45) is -0.0889. The molecule has 3 N–H and O–H groups in total. The number of imide groups is 1. The van der Waals surface area contributed by atoms with Crippen molar-refractivity contribution in [1.82, 2.24) is 5.32 Å². The van der Waals surface area contributed by atoms with Crippen molar-refractivity contribution in [3.05, 3.63) is 65.7 Å². The van der Waals surface area contributed by atoms with Gasteiger partial charge in [0.15, 0.2) is 0 Å². The van der Waals surface area contributed by atoms with Crippen molar-refractivity contribution in [2.45, 2.75) is 19.4 Å². The Morgan fingerprint density at radius 2 is 1.68 bits per heavy atom. The van der Waals surface area contributed by atoms with Crippen LogP contribution >= 0.6 is 0 Å². The number of nitrogens with two attached hydrogens (primary N) is 1. The lowest BCUT2D eigenvalue weighted by atomic mass is 10.1. The van der Waals surface area contributed by atoms with Crippen molar-refractivity contribution in [3.63, 3.8) is 0 Å². The third-order valence-corrected chi connectivity index (χ3v) is 3.13. The van der Waals surface area contributed by atoms with Gasteiger partial charge in [0.2, 0.25) is 5.91 Å². The molecule has 0 saturated heterocycles. The molecule has 2 aromatic rings. The zero-order chi connectivity index (χ0) is 15.8. The highest BCUT2D eigenvalue weighted by molar-refractivity contribution is 5.91. The Morgan fingerprint density at radius 3 is 2.41 bits per heavy atom. The molecule has 0 spiro atoms. The number of carbonyl (C=O) groups is 2. The molecule has 2 rings (SSSR count). The van der Waals surface area contributed by atoms with E-state index >= 15 is 0 Å². The van der Waals surface area contributed by atoms with E-state index in [1.165, 1.54) is 0 Å². The van der Waals surface area contributed by atoms with Gasteiger partial charge in [-0.3, -0.25) is 10.1 Å². The van der Waals surface area contributed by atoms with Gasteiger partial charge in [-0.2, -0.15) is 0 Å². The van der Waals surface area contributed by atoms with Crippen LogP contribution in [-0.4, -0.2) is 12.0 Å². The van der Waals surface area contributed by atoms with Crippen molar-refractivity contribution in [1.29, 1.82) is 0 Å². The summed E-state index contributed by atoms with van der Waals surface area (Å²) in [5.74, 6) is -0.388. The Morgan fingerprint density at radius 1 is 1.00 bits per heavy atom. The van der Waals surface area contributed by atoms with Gasteiger partial charge in [-0.15, -0.1) is 0 Å². The minimum Gasteiger partial charge on any atom is -0.444 e. The highest BCUT2D eigenvalue weighted by Crippen LogP contribution is 2.12. The molecule has 0 aliphatic carbocycles. The quantitative estimate of drug-likeness (QED) is 0.831. The molecule has 0 aromatic heterocycles. The number of hydrogen-bond acceptors (Lipinski definition) is 4. The summed E-state index contributed by atoms with van der Waals surface area (Å²) in [6, 6.07) is 16.6. The van der Waals surface area contributed by atoms with Crippen LogP contribution in [-0.2, 0) is 22.6 Å². The maximum atomic E-state index is 11.7. The summed E-state index contributed by atoms with van der Waals surface area (Å²) in [7, 11) is 0. The molecule has 0 fully saturated rings. The number of benzene rings is 2. The summed E-state index contributed by atoms with van der Waals surface area (Å²) in [6.45, 7) is 0.131. The van der Waals surface area contributed by atoms with Gasteiger partial charge in [0, 0.05) is 12.1 Å². The lowest BCUT2D eigenvalue weighted by molar-refractivity contribution is -0.120. The number of rotatable bonds is 5. The van der Waals surface area contributed by atoms with Gasteiger partial charge < -0.3 is 10.5 Å². The third kappa shape index (κ3) is 4.94. The van der Waals surface area contributed by atoms with Gasteiger partial charge in [0.05, 0.1) is 0 Å². The monoisotopic (exact) mass is 298 g/mol. The first kappa shape index (κ1) is 15.6. The first-order chi connectivity index (χ1) is 10.6. The normalized spacial score (nSPS) is 10.0. The third-order valence-electron chi connectivity index (χ3n) is 3.13. The highest BCUT2D eigenvalue weighted by Gasteiger charge is 2.10. The van der Waals surface area contributed by atoms with Crippen LogP contribution in [0.3, 0.4) is 0 Å². The van der Waals surface area contributed by atoms with Crippen molar-refractivity contribution in [3.8, 4) is 0 Å². The van der Waals surface area contributed by atoms with Crippen LogP contribution in [0.15, 0.2) is 54.6 Å². The molecule has 0 aliphatic rings. The Hall–Kier alpha value is -2.82. The van der Waals surface area contributed by atoms with E-state index in [0.29, 0.717) is 12.1 Å². The Labute approximate surface area is 129 Å². The number of aryl methyl sites for hydroxylation is 1. The predicted molar refractivity (Wildman–Crippen MR) is 83.9 cm³/mol. The summed E-state index contributed by atoms with van der Waals surface area (Å²) in [5.41, 5.74) is 8.19. The predicted octanol–water partition coefficient (Wildman–Crippen LogP) is 2.65. The van der Waals surface area contributed by atoms with Crippen LogP contribution in [0.25, 0.3) is 0 Å². The molecule has 0 unspecified atom stereocenters. The van der Waals surface area contributed by atoms with Crippen LogP contribution < -0.4 is 11.1 Å². The highest BCUT2D eigenvalue weighted by atomic mass is 16.5. The van der Waals surface area contributed by atoms with Gasteiger partial charge in [-0.1, -0.05) is 48.5 Å². The minimum atomic E-state index is -0.741. The van der Waals surface area contributed by atoms with Crippen LogP contribution in [0.1, 0.15) is 17.5 Å². The zero-order valence-electron chi connectivity index (χ0n) is 12.1. The number of alkyl carbamates (subject to hydrolysis) is 1. The molecular weight excluding hydrogens is 280 g/mol. The average molecular weight is 298 g/mol. The summed E-state index contributed by atoms with van der Waals surface area (Å²) in [5, 5.41) is 2.20. The summed E-state index contributed by atoms with van der Waals surface area (Å²) >= 11 is 0. The van der Waals surface area contributed by atoms with Crippen LogP contribution in [0.4, 0.5) is 10.5 Å². The number of carbonyl (C=O) groups excluding carboxylic acids is 2. The number of para-hydroxylation sites is 1. The van der Waals surface area contributed by atoms with Crippen molar-refractivity contribution >= 4 is 17.7 Å². The number of nitrogens with one attached hydrogen (secondary N) is 1. The first-order valence-corrected chi connectivity index (χ1v) is 6.99. The summed E-state index contributed by atoms with van der Waals surface area (Å²) in [4.78, 5) is 23.2. The number of ether oxygens (including phenoxy) is 1. The molecule has 114 valence electrons. The van der Waals surface area contributed by atoms with Gasteiger partial charge in [-0.25, -0.2) is 4.79 Å². The molecule has 22 heavy (non-hydrogen) atoms. The standard InChI is InChI=1S/C17H18N2O3/c18-15-9-5-4-8-14(15)10-11-16(20)19-17(21)22-12-13-6-2-1-3-7-13/h1-9H,10-12,18H2,(H,19,20,21). The van der Waals surface area contributed by atoms with E-state index < -0.39 is 6.09 Å². The van der Waals surface area contributed by atoms with Crippen LogP contribution in [0.5, 0.6) is 0 Å². The van der Waals surface area contributed by atoms with Crippen molar-refractivity contribution in [2.75, 3.05) is 5.73 Å². The maximum absolute atomic E-state index is 11.7. The summed E-state index contributed by atoms with van der Waals surface area (Å²) < 4.78 is 4.98. The van der Waals surface area contributed by atoms with E-state index in [9.17, 15) is 9.59 Å². The number of amides is 2. The molecule has 2 aromatic carbocycles. The van der Waals surface area contributed by atoms with Crippen LogP contribution in [0, 0.1) is 0 Å². The SMILES string of the molecule is Nc1ccccc1CCC(=O)NC(=O)OCc1ccccc1. The molecule has 0 atom stereocenters. The molecule has 0 radical (unpaired) electrons. The molecule has 0 bridgehead atoms. The molecular formula is C17H18N2O3. The fraction of sp³-hybridized carbons (Fsp3) is 0.176. The topological polar surface area (TPSA) is 81.4 Å². The molecule has 0 saturated carbocycles. The molecule has 0 heterocycles.